The standard InChI is InChI=1S/C12H20N2O4/c1-2-11(16)18-8-4-6-10(15)14-7-3-5-9(14)12(13)17/h9H,2-8H2,1H3,(H2,13,17)/t9-/m0/s1. The number of nitrogens with two attached hydrogens (primary N) is 1. The number of carbonyl (C=O) groups excluding carboxylic acids is 3. The van der Waals surface area contributed by atoms with Crippen LogP contribution in [0.4, 0.5) is 0 Å². The highest BCUT2D eigenvalue weighted by Crippen LogP contribution is 2.18. The topological polar surface area (TPSA) is 89.7 Å². The summed E-state index contributed by atoms with van der Waals surface area (Å²) in [4.78, 5) is 35.4. The number of hydrogen-bond acceptors (Lipinski definition) is 4. The quantitative estimate of drug-likeness (QED) is 0.543. The molecule has 2 N–H and O–H groups in total. The zero-order chi connectivity index (χ0) is 13.5. The van der Waals surface area contributed by atoms with E-state index < -0.39 is 11.9 Å². The second kappa shape index (κ2) is 6.98. The summed E-state index contributed by atoms with van der Waals surface area (Å²) in [6.07, 6.45) is 2.55. The molecular weight excluding hydrogens is 236 g/mol. The predicted octanol–water partition coefficient (Wildman–Crippen LogP) is 0.196. The summed E-state index contributed by atoms with van der Waals surface area (Å²) in [7, 11) is 0. The molecule has 1 saturated heterocycles. The maximum atomic E-state index is 11.9. The molecule has 0 aromatic carbocycles. The summed E-state index contributed by atoms with van der Waals surface area (Å²) < 4.78 is 4.88. The van der Waals surface area contributed by atoms with Gasteiger partial charge >= 0.3 is 5.97 Å². The molecule has 0 aromatic rings. The Morgan fingerprint density at radius 2 is 2.11 bits per heavy atom. The van der Waals surface area contributed by atoms with Gasteiger partial charge in [0.25, 0.3) is 0 Å². The van der Waals surface area contributed by atoms with Gasteiger partial charge in [-0.1, -0.05) is 6.92 Å². The summed E-state index contributed by atoms with van der Waals surface area (Å²) in [5.41, 5.74) is 5.24. The van der Waals surface area contributed by atoms with Gasteiger partial charge < -0.3 is 15.4 Å². The van der Waals surface area contributed by atoms with Crippen molar-refractivity contribution in [3.63, 3.8) is 0 Å². The molecule has 0 spiro atoms. The second-order valence-electron chi connectivity index (χ2n) is 4.33. The van der Waals surface area contributed by atoms with E-state index >= 15 is 0 Å². The number of esters is 1. The summed E-state index contributed by atoms with van der Waals surface area (Å²) >= 11 is 0. The Balaban J connectivity index is 2.28. The SMILES string of the molecule is CCC(=O)OCCCC(=O)N1CCC[C@H]1C(N)=O. The smallest absolute Gasteiger partial charge is 0.305 e. The highest BCUT2D eigenvalue weighted by atomic mass is 16.5. The zero-order valence-electron chi connectivity index (χ0n) is 10.7. The van der Waals surface area contributed by atoms with Crippen molar-refractivity contribution in [2.45, 2.75) is 45.1 Å². The van der Waals surface area contributed by atoms with Crippen LogP contribution in [0.1, 0.15) is 39.0 Å². The number of nitrogens with zero attached hydrogens (tertiary/aromatic N) is 1. The van der Waals surface area contributed by atoms with Crippen LogP contribution in [0, 0.1) is 0 Å². The Morgan fingerprint density at radius 1 is 1.39 bits per heavy atom. The van der Waals surface area contributed by atoms with Crippen molar-refractivity contribution >= 4 is 17.8 Å². The molecule has 0 bridgehead atoms. The van der Waals surface area contributed by atoms with E-state index in [0.717, 1.165) is 6.42 Å². The molecule has 1 fully saturated rings. The average Bonchev–Trinajstić information content (AvgIpc) is 2.83. The predicted molar refractivity (Wildman–Crippen MR) is 64.4 cm³/mol. The van der Waals surface area contributed by atoms with E-state index in [1.54, 1.807) is 6.92 Å². The second-order valence-corrected chi connectivity index (χ2v) is 4.33. The van der Waals surface area contributed by atoms with E-state index in [-0.39, 0.29) is 24.9 Å². The fourth-order valence-electron chi connectivity index (χ4n) is 2.02. The monoisotopic (exact) mass is 256 g/mol. The van der Waals surface area contributed by atoms with Crippen molar-refractivity contribution < 1.29 is 19.1 Å². The first kappa shape index (κ1) is 14.5. The highest BCUT2D eigenvalue weighted by Gasteiger charge is 2.31. The Bertz CT molecular complexity index is 330. The van der Waals surface area contributed by atoms with Gasteiger partial charge in [0, 0.05) is 19.4 Å². The van der Waals surface area contributed by atoms with Gasteiger partial charge in [-0.2, -0.15) is 0 Å². The molecule has 1 atom stereocenters. The molecule has 6 heteroatoms. The number of ether oxygens (including phenoxy) is 1. The van der Waals surface area contributed by atoms with Gasteiger partial charge in [-0.05, 0) is 19.3 Å². The van der Waals surface area contributed by atoms with Gasteiger partial charge in [-0.15, -0.1) is 0 Å². The van der Waals surface area contributed by atoms with E-state index in [4.69, 9.17) is 10.5 Å². The van der Waals surface area contributed by atoms with Crippen molar-refractivity contribution in [3.8, 4) is 0 Å². The van der Waals surface area contributed by atoms with E-state index in [1.165, 1.54) is 4.90 Å². The minimum Gasteiger partial charge on any atom is -0.466 e. The molecule has 0 aliphatic carbocycles. The fraction of sp³-hybridized carbons (Fsp3) is 0.750. The lowest BCUT2D eigenvalue weighted by Gasteiger charge is -2.22. The number of hydrogen-bond donors (Lipinski definition) is 1. The third-order valence-corrected chi connectivity index (χ3v) is 2.99. The van der Waals surface area contributed by atoms with Crippen LogP contribution in [0.25, 0.3) is 0 Å². The van der Waals surface area contributed by atoms with Gasteiger partial charge in [0.1, 0.15) is 6.04 Å². The lowest BCUT2D eigenvalue weighted by atomic mass is 10.2. The maximum Gasteiger partial charge on any atom is 0.305 e. The molecule has 0 aromatic heterocycles. The molecule has 1 aliphatic heterocycles. The molecule has 18 heavy (non-hydrogen) atoms. The van der Waals surface area contributed by atoms with Crippen LogP contribution in [-0.2, 0) is 19.1 Å². The first-order valence-electron chi connectivity index (χ1n) is 6.30. The van der Waals surface area contributed by atoms with Gasteiger partial charge in [-0.25, -0.2) is 0 Å². The highest BCUT2D eigenvalue weighted by molar-refractivity contribution is 5.87. The van der Waals surface area contributed by atoms with Crippen LogP contribution in [0.3, 0.4) is 0 Å². The number of carbonyl (C=O) groups is 3. The third kappa shape index (κ3) is 4.01. The minimum absolute atomic E-state index is 0.0937. The van der Waals surface area contributed by atoms with Crippen LogP contribution < -0.4 is 5.73 Å². The average molecular weight is 256 g/mol. The maximum absolute atomic E-state index is 11.9. The van der Waals surface area contributed by atoms with Crippen molar-refractivity contribution in [2.75, 3.05) is 13.2 Å². The van der Waals surface area contributed by atoms with Gasteiger partial charge in [0.2, 0.25) is 11.8 Å². The number of amides is 2. The number of likely N-dealkylation sites (tertiary alicyclic amines) is 1. The van der Waals surface area contributed by atoms with E-state index in [0.29, 0.717) is 25.8 Å². The third-order valence-electron chi connectivity index (χ3n) is 2.99. The zero-order valence-corrected chi connectivity index (χ0v) is 10.7. The Labute approximate surface area is 106 Å². The Hall–Kier alpha value is -1.59. The van der Waals surface area contributed by atoms with Crippen LogP contribution >= 0.6 is 0 Å². The van der Waals surface area contributed by atoms with E-state index in [2.05, 4.69) is 0 Å². The van der Waals surface area contributed by atoms with Gasteiger partial charge in [0.15, 0.2) is 0 Å². The molecule has 1 heterocycles. The molecule has 102 valence electrons. The van der Waals surface area contributed by atoms with Crippen molar-refractivity contribution in [1.29, 1.82) is 0 Å². The normalized spacial score (nSPS) is 18.7. The number of rotatable bonds is 6. The molecule has 1 aliphatic rings. The van der Waals surface area contributed by atoms with Crippen molar-refractivity contribution in [1.82, 2.24) is 4.90 Å². The molecule has 2 amide bonds. The fourth-order valence-corrected chi connectivity index (χ4v) is 2.02. The Morgan fingerprint density at radius 3 is 2.72 bits per heavy atom. The molecule has 0 unspecified atom stereocenters. The van der Waals surface area contributed by atoms with Crippen LogP contribution in [0.15, 0.2) is 0 Å². The minimum atomic E-state index is -0.462. The molecule has 1 rings (SSSR count). The molecule has 6 nitrogen and oxygen atoms in total. The summed E-state index contributed by atoms with van der Waals surface area (Å²) in [6, 6.07) is -0.462. The van der Waals surface area contributed by atoms with Gasteiger partial charge in [-0.3, -0.25) is 14.4 Å². The Kier molecular flexibility index (Phi) is 5.61. The summed E-state index contributed by atoms with van der Waals surface area (Å²) in [5.74, 6) is -0.805. The van der Waals surface area contributed by atoms with Crippen molar-refractivity contribution in [2.24, 2.45) is 5.73 Å². The number of primary amides is 1. The largest absolute Gasteiger partial charge is 0.466 e. The summed E-state index contributed by atoms with van der Waals surface area (Å²) in [5, 5.41) is 0. The summed E-state index contributed by atoms with van der Waals surface area (Å²) in [6.45, 7) is 2.55. The lowest BCUT2D eigenvalue weighted by Crippen LogP contribution is -2.43. The lowest BCUT2D eigenvalue weighted by molar-refractivity contribution is -0.144. The van der Waals surface area contributed by atoms with E-state index in [9.17, 15) is 14.4 Å². The molecular formula is C12H20N2O4. The van der Waals surface area contributed by atoms with Crippen molar-refractivity contribution in [3.05, 3.63) is 0 Å². The van der Waals surface area contributed by atoms with E-state index in [1.807, 2.05) is 0 Å². The van der Waals surface area contributed by atoms with Gasteiger partial charge in [0.05, 0.1) is 6.61 Å². The first-order chi connectivity index (χ1) is 8.56. The van der Waals surface area contributed by atoms with Crippen LogP contribution in [0.5, 0.6) is 0 Å². The molecule has 0 saturated carbocycles. The van der Waals surface area contributed by atoms with Crippen LogP contribution in [-0.4, -0.2) is 41.9 Å². The van der Waals surface area contributed by atoms with Crippen LogP contribution in [0.2, 0.25) is 0 Å². The first-order valence-corrected chi connectivity index (χ1v) is 6.30. The molecule has 0 radical (unpaired) electrons.